The number of ketones is 1. The number of likely N-dealkylation sites (tertiary alicyclic amines) is 1. The Morgan fingerprint density at radius 2 is 1.67 bits per heavy atom. The summed E-state index contributed by atoms with van der Waals surface area (Å²) < 4.78 is 19.4. The Hall–Kier alpha value is -4.87. The number of anilines is 4. The number of ether oxygens (including phenoxy) is 3. The van der Waals surface area contributed by atoms with Crippen LogP contribution in [0.15, 0.2) is 47.6 Å². The van der Waals surface area contributed by atoms with E-state index in [1.165, 1.54) is 25.9 Å². The first-order chi connectivity index (χ1) is 33.1. The quantitative estimate of drug-likeness (QED) is 0.0532. The molecule has 5 heterocycles. The fraction of sp³-hybridized carbons (Fsp3) is 0.604. The summed E-state index contributed by atoms with van der Waals surface area (Å²) >= 11 is 1.58. The second-order valence-electron chi connectivity index (χ2n) is 21.6. The van der Waals surface area contributed by atoms with Crippen LogP contribution in [0.4, 0.5) is 22.6 Å². The molecule has 15 nitrogen and oxygen atoms in total. The lowest BCUT2D eigenvalue weighted by molar-refractivity contribution is -0.190. The normalized spacial score (nSPS) is 23.8. The summed E-state index contributed by atoms with van der Waals surface area (Å²) in [5.41, 5.74) is 11.8. The minimum absolute atomic E-state index is 0.0847. The maximum absolute atomic E-state index is 14.4. The van der Waals surface area contributed by atoms with Gasteiger partial charge in [-0.25, -0.2) is 9.97 Å². The smallest absolute Gasteiger partial charge is 0.270 e. The van der Waals surface area contributed by atoms with Crippen molar-refractivity contribution in [3.8, 4) is 0 Å². The number of aliphatic imine (C=N–C) groups is 1. The van der Waals surface area contributed by atoms with E-state index in [0.29, 0.717) is 67.9 Å². The Morgan fingerprint density at radius 3 is 2.43 bits per heavy atom. The molecule has 4 aromatic rings. The number of fused-ring (bicyclic) bond motifs is 4. The van der Waals surface area contributed by atoms with Crippen LogP contribution in [0.2, 0.25) is 0 Å². The van der Waals surface area contributed by atoms with Crippen molar-refractivity contribution in [1.29, 1.82) is 0 Å². The van der Waals surface area contributed by atoms with E-state index in [9.17, 15) is 9.59 Å². The molecule has 2 aliphatic carbocycles. The lowest BCUT2D eigenvalue weighted by Crippen LogP contribution is -2.57. The highest BCUT2D eigenvalue weighted by atomic mass is 32.1. The monoisotopic (exact) mass is 963 g/mol. The van der Waals surface area contributed by atoms with Crippen LogP contribution in [0.1, 0.15) is 127 Å². The number of nitrogens with zero attached hydrogens (tertiary/aromatic N) is 7. The molecule has 16 heteroatoms. The topological polar surface area (TPSA) is 182 Å². The predicted octanol–water partition coefficient (Wildman–Crippen LogP) is 8.99. The molecule has 1 saturated heterocycles. The van der Waals surface area contributed by atoms with Gasteiger partial charge in [-0.15, -0.1) is 10.2 Å². The summed E-state index contributed by atoms with van der Waals surface area (Å²) in [5.74, 6) is 1.70. The van der Waals surface area contributed by atoms with Crippen molar-refractivity contribution in [3.63, 3.8) is 0 Å². The number of para-hydroxylation sites is 1. The maximum Gasteiger partial charge on any atom is 0.270 e. The molecule has 1 amide bonds. The fourth-order valence-electron chi connectivity index (χ4n) is 12.4. The van der Waals surface area contributed by atoms with Gasteiger partial charge in [0.2, 0.25) is 0 Å². The summed E-state index contributed by atoms with van der Waals surface area (Å²) in [4.78, 5) is 45.4. The Bertz CT molecular complexity index is 2500. The highest BCUT2D eigenvalue weighted by Crippen LogP contribution is 2.63. The Kier molecular flexibility index (Phi) is 15.8. The number of nitrogens with one attached hydrogen (secondary N) is 2. The Labute approximate surface area is 412 Å². The second kappa shape index (κ2) is 21.6. The summed E-state index contributed by atoms with van der Waals surface area (Å²) in [7, 11) is 0. The second-order valence-corrected chi connectivity index (χ2v) is 22.6. The summed E-state index contributed by atoms with van der Waals surface area (Å²) in [5, 5.41) is 16.6. The number of carbonyl (C=O) groups is 2. The number of rotatable bonds is 21. The third-order valence-electron chi connectivity index (χ3n) is 14.4. The lowest BCUT2D eigenvalue weighted by Gasteiger charge is -2.61. The average Bonchev–Trinajstić information content (AvgIpc) is 3.97. The third kappa shape index (κ3) is 12.4. The van der Waals surface area contributed by atoms with Crippen LogP contribution in [-0.2, 0) is 25.4 Å². The van der Waals surface area contributed by atoms with Gasteiger partial charge in [0.1, 0.15) is 17.3 Å². The van der Waals surface area contributed by atoms with Crippen LogP contribution >= 0.6 is 11.3 Å². The zero-order valence-electron chi connectivity index (χ0n) is 42.0. The fourth-order valence-corrected chi connectivity index (χ4v) is 13.2. The highest BCUT2D eigenvalue weighted by Gasteiger charge is 2.58. The number of aromatic nitrogens is 4. The molecular weight excluding hydrogens is 889 g/mol. The van der Waals surface area contributed by atoms with Gasteiger partial charge < -0.3 is 40.4 Å². The van der Waals surface area contributed by atoms with Crippen molar-refractivity contribution in [2.24, 2.45) is 27.0 Å². The molecule has 2 aliphatic heterocycles. The van der Waals surface area contributed by atoms with Crippen LogP contribution in [0, 0.1) is 23.2 Å². The number of pyridine rings is 1. The van der Waals surface area contributed by atoms with E-state index in [4.69, 9.17) is 40.0 Å². The molecule has 69 heavy (non-hydrogen) atoms. The number of Topliss-reactive ketones (excluding diaryl/α,β-unsaturated/α-hetero) is 1. The number of hydrogen-bond donors (Lipinski definition) is 3. The minimum atomic E-state index is -0.356. The van der Waals surface area contributed by atoms with Crippen molar-refractivity contribution < 1.29 is 23.8 Å². The number of benzene rings is 1. The molecule has 4 aliphatic rings. The largest absolute Gasteiger partial charge is 0.404 e. The number of thiazole rings is 1. The number of nitrogens with two attached hydrogens (primary N) is 1. The van der Waals surface area contributed by atoms with Crippen LogP contribution in [0.5, 0.6) is 0 Å². The minimum Gasteiger partial charge on any atom is -0.404 e. The zero-order chi connectivity index (χ0) is 48.8. The van der Waals surface area contributed by atoms with Gasteiger partial charge in [0, 0.05) is 66.8 Å². The number of carbonyl (C=O) groups excluding carboxylic acids is 2. The first-order valence-corrected chi connectivity index (χ1v) is 25.9. The molecule has 8 rings (SSSR count). The SMILES string of the molecule is CC(=O)CCOCCOCCNC(=O)c1nc(N2CCCc3c2nnc(Nc2nc4ccccc4s2)c3C)ccc1/C(=C/N)C(C)=NCC1(C)CC2(C)CC(C)(C)CC(OCCN3CCCC3)(C1)C2. The van der Waals surface area contributed by atoms with E-state index in [1.54, 1.807) is 24.5 Å². The predicted molar refractivity (Wildman–Crippen MR) is 276 cm³/mol. The molecule has 3 fully saturated rings. The standard InChI is InChI=1S/C53H74N10O5S/c1-36(64)18-24-66-27-28-67-25-19-55-48(65)45-40(16-17-44(58-45)63-22-12-13-39-37(2)46(60-61-47(39)63)59-49-57-42-14-8-9-15-43(42)69-49)41(29-54)38(3)56-35-52(7)32-51(6)30-50(4,5)31-53(33-51,34-52)68-26-23-62-20-10-11-21-62/h8-9,14-17,29H,10-13,18-28,30-35,54H2,1-7H3,(H,55,65)(H,57,59,60)/b41-29+,56-38?. The van der Waals surface area contributed by atoms with E-state index in [1.807, 2.05) is 37.3 Å². The van der Waals surface area contributed by atoms with Gasteiger partial charge in [-0.2, -0.15) is 0 Å². The number of hydrogen-bond acceptors (Lipinski definition) is 15. The Morgan fingerprint density at radius 1 is 0.884 bits per heavy atom. The van der Waals surface area contributed by atoms with E-state index in [2.05, 4.69) is 66.2 Å². The van der Waals surface area contributed by atoms with Gasteiger partial charge in [-0.1, -0.05) is 51.2 Å². The summed E-state index contributed by atoms with van der Waals surface area (Å²) in [6.45, 7) is 22.2. The molecule has 2 saturated carbocycles. The van der Waals surface area contributed by atoms with Gasteiger partial charge >= 0.3 is 0 Å². The zero-order valence-corrected chi connectivity index (χ0v) is 42.9. The first kappa shape index (κ1) is 50.5. The van der Waals surface area contributed by atoms with Crippen molar-refractivity contribution in [2.45, 2.75) is 118 Å². The van der Waals surface area contributed by atoms with Crippen LogP contribution in [0.25, 0.3) is 15.8 Å². The summed E-state index contributed by atoms with van der Waals surface area (Å²) in [6, 6.07) is 11.9. The molecular formula is C53H74N10O5S. The number of allylic oxidation sites excluding steroid dienone is 1. The van der Waals surface area contributed by atoms with Crippen molar-refractivity contribution >= 4 is 67.1 Å². The van der Waals surface area contributed by atoms with Crippen LogP contribution in [-0.4, -0.2) is 120 Å². The van der Waals surface area contributed by atoms with Crippen LogP contribution < -0.4 is 21.3 Å². The van der Waals surface area contributed by atoms with Crippen molar-refractivity contribution in [1.82, 2.24) is 30.4 Å². The Balaban J connectivity index is 1.03. The van der Waals surface area contributed by atoms with Gasteiger partial charge in [0.25, 0.3) is 5.91 Å². The van der Waals surface area contributed by atoms with Crippen molar-refractivity contribution in [2.75, 3.05) is 82.5 Å². The number of amides is 1. The summed E-state index contributed by atoms with van der Waals surface area (Å²) in [6.07, 6.45) is 11.5. The molecule has 4 N–H and O–H groups in total. The van der Waals surface area contributed by atoms with Gasteiger partial charge in [0.15, 0.2) is 16.8 Å². The van der Waals surface area contributed by atoms with E-state index in [-0.39, 0.29) is 52.4 Å². The lowest BCUT2D eigenvalue weighted by atomic mass is 9.48. The van der Waals surface area contributed by atoms with E-state index in [0.717, 1.165) is 90.3 Å². The average molecular weight is 963 g/mol. The molecule has 3 unspecified atom stereocenters. The van der Waals surface area contributed by atoms with Gasteiger partial charge in [0.05, 0.1) is 48.9 Å². The first-order valence-electron chi connectivity index (χ1n) is 25.1. The molecule has 3 atom stereocenters. The molecule has 2 bridgehead atoms. The van der Waals surface area contributed by atoms with Gasteiger partial charge in [-0.05, 0) is 132 Å². The molecule has 372 valence electrons. The maximum atomic E-state index is 14.4. The highest BCUT2D eigenvalue weighted by molar-refractivity contribution is 7.22. The van der Waals surface area contributed by atoms with E-state index >= 15 is 0 Å². The molecule has 0 spiro atoms. The third-order valence-corrected chi connectivity index (χ3v) is 15.3. The van der Waals surface area contributed by atoms with Crippen molar-refractivity contribution in [3.05, 3.63) is 65.0 Å². The van der Waals surface area contributed by atoms with Crippen LogP contribution in [0.3, 0.4) is 0 Å². The molecule has 1 aromatic carbocycles. The molecule has 0 radical (unpaired) electrons. The molecule has 3 aromatic heterocycles. The van der Waals surface area contributed by atoms with E-state index < -0.39 is 0 Å². The van der Waals surface area contributed by atoms with Gasteiger partial charge in [-0.3, -0.25) is 14.6 Å².